The number of unbranched alkanes of at least 4 members (excludes halogenated alkanes) is 3. The summed E-state index contributed by atoms with van der Waals surface area (Å²) >= 11 is 0. The van der Waals surface area contributed by atoms with Gasteiger partial charge in [0, 0.05) is 0 Å². The quantitative estimate of drug-likeness (QED) is 0.290. The molecule has 7 nitrogen and oxygen atoms in total. The molecule has 0 aromatic heterocycles. The van der Waals surface area contributed by atoms with E-state index in [0.29, 0.717) is 0 Å². The van der Waals surface area contributed by atoms with E-state index in [1.807, 2.05) is 31.3 Å². The normalized spacial score (nSPS) is 20.8. The molecule has 0 saturated carbocycles. The molecule has 23 heavy (non-hydrogen) atoms. The molecule has 0 atom stereocenters. The number of rotatable bonds is 14. The van der Waals surface area contributed by atoms with Crippen LogP contribution >= 0.6 is 7.59 Å². The second-order valence-corrected chi connectivity index (χ2v) is 9.39. The first-order valence-electron chi connectivity index (χ1n) is 8.95. The third-order valence-corrected chi connectivity index (χ3v) is 7.12. The van der Waals surface area contributed by atoms with Crippen molar-refractivity contribution in [2.75, 3.05) is 40.8 Å². The first-order chi connectivity index (χ1) is 10.9. The summed E-state index contributed by atoms with van der Waals surface area (Å²) < 4.78 is 20.3. The predicted octanol–water partition coefficient (Wildman–Crippen LogP) is 3.71. The van der Waals surface area contributed by atoms with Crippen LogP contribution in [0.1, 0.15) is 59.3 Å². The van der Waals surface area contributed by atoms with Crippen molar-refractivity contribution in [2.24, 2.45) is 0 Å². The van der Waals surface area contributed by atoms with Crippen molar-refractivity contribution in [1.29, 1.82) is 0 Å². The van der Waals surface area contributed by atoms with E-state index in [-0.39, 0.29) is 0 Å². The summed E-state index contributed by atoms with van der Waals surface area (Å²) in [6.07, 6.45) is 6.60. The van der Waals surface area contributed by atoms with Gasteiger partial charge in [-0.2, -0.15) is 0 Å². The van der Waals surface area contributed by atoms with E-state index in [1.54, 1.807) is 0 Å². The molecule has 0 spiro atoms. The van der Waals surface area contributed by atoms with Crippen LogP contribution in [0.15, 0.2) is 0 Å². The Bertz CT molecular complexity index is 325. The van der Waals surface area contributed by atoms with Gasteiger partial charge in [0.25, 0.3) is 0 Å². The Balaban J connectivity index is 2.78. The maximum atomic E-state index is 6.24. The van der Waals surface area contributed by atoms with Crippen LogP contribution in [0.4, 0.5) is 0 Å². The fourth-order valence-corrected chi connectivity index (χ4v) is 5.03. The maximum absolute atomic E-state index is 6.24. The van der Waals surface area contributed by atoms with E-state index >= 15 is 0 Å². The number of hydroxylamine groups is 4. The summed E-state index contributed by atoms with van der Waals surface area (Å²) in [7, 11) is 2.47. The molecule has 8 heteroatoms. The van der Waals surface area contributed by atoms with Crippen molar-refractivity contribution in [3.05, 3.63) is 0 Å². The summed E-state index contributed by atoms with van der Waals surface area (Å²) in [6.45, 7) is 9.09. The van der Waals surface area contributed by atoms with Crippen molar-refractivity contribution in [2.45, 2.75) is 59.3 Å². The molecule has 0 aromatic rings. The van der Waals surface area contributed by atoms with Crippen LogP contribution in [0.2, 0.25) is 0 Å². The van der Waals surface area contributed by atoms with E-state index < -0.39 is 7.59 Å². The fourth-order valence-electron chi connectivity index (χ4n) is 2.29. The van der Waals surface area contributed by atoms with Crippen LogP contribution < -0.4 is 5.25 Å². The third kappa shape index (κ3) is 5.87. The van der Waals surface area contributed by atoms with Gasteiger partial charge in [-0.15, -0.1) is 0 Å². The molecule has 1 rings (SSSR count). The van der Waals surface area contributed by atoms with Gasteiger partial charge in [-0.3, -0.25) is 0 Å². The Kier molecular flexibility index (Phi) is 8.83. The number of nitrogens with zero attached hydrogens (tertiary/aromatic N) is 3. The monoisotopic (exact) mass is 352 g/mol. The zero-order valence-electron chi connectivity index (χ0n) is 15.9. The topological polar surface area (TPSA) is 62.7 Å². The standard InChI is InChI=1S/C15H37N4O3P/c1-7-10-13-17(4)21-23(16-20-23,19(6)15-12-9-3)22-18(5)14-11-8-2/h16H,7-15H2,1-6H3. The summed E-state index contributed by atoms with van der Waals surface area (Å²) in [5.41, 5.74) is 0. The fraction of sp³-hybridized carbons (Fsp3) is 1.00. The summed E-state index contributed by atoms with van der Waals surface area (Å²) in [6, 6.07) is 0. The van der Waals surface area contributed by atoms with E-state index in [9.17, 15) is 0 Å². The minimum atomic E-state index is -3.42. The molecule has 0 aliphatic carbocycles. The number of nitrogens with one attached hydrogen (secondary N) is 1. The average Bonchev–Trinajstić information content (AvgIpc) is 3.24. The number of hydrogen-bond donors (Lipinski definition) is 1. The average molecular weight is 352 g/mol. The molecule has 1 fully saturated rings. The van der Waals surface area contributed by atoms with Crippen molar-refractivity contribution < 1.29 is 13.9 Å². The Morgan fingerprint density at radius 2 is 1.17 bits per heavy atom. The summed E-state index contributed by atoms with van der Waals surface area (Å²) in [4.78, 5) is 0. The number of hydrogen-bond acceptors (Lipinski definition) is 7. The van der Waals surface area contributed by atoms with E-state index in [4.69, 9.17) is 13.9 Å². The summed E-state index contributed by atoms with van der Waals surface area (Å²) in [5, 5.41) is 6.70. The molecule has 1 heterocycles. The van der Waals surface area contributed by atoms with E-state index in [0.717, 1.165) is 58.2 Å². The van der Waals surface area contributed by atoms with Crippen LogP contribution in [0, 0.1) is 0 Å². The molecule has 0 unspecified atom stereocenters. The van der Waals surface area contributed by atoms with Gasteiger partial charge in [0.05, 0.1) is 0 Å². The first kappa shape index (κ1) is 21.2. The van der Waals surface area contributed by atoms with Gasteiger partial charge < -0.3 is 0 Å². The molecule has 0 amide bonds. The molecule has 0 aromatic carbocycles. The van der Waals surface area contributed by atoms with E-state index in [2.05, 4.69) is 30.7 Å². The Morgan fingerprint density at radius 3 is 1.52 bits per heavy atom. The van der Waals surface area contributed by atoms with Gasteiger partial charge >= 0.3 is 142 Å². The van der Waals surface area contributed by atoms with Crippen LogP contribution in [0.5, 0.6) is 0 Å². The zero-order valence-corrected chi connectivity index (χ0v) is 16.8. The molecule has 1 aliphatic rings. The van der Waals surface area contributed by atoms with Gasteiger partial charge in [-0.05, 0) is 0 Å². The molecule has 1 aliphatic heterocycles. The molecule has 140 valence electrons. The molecule has 0 bridgehead atoms. The Hall–Kier alpha value is 0.150. The second-order valence-electron chi connectivity index (χ2n) is 6.33. The van der Waals surface area contributed by atoms with Crippen LogP contribution in [0.25, 0.3) is 0 Å². The predicted molar refractivity (Wildman–Crippen MR) is 95.9 cm³/mol. The molecule has 1 N–H and O–H groups in total. The Labute approximate surface area is 142 Å². The van der Waals surface area contributed by atoms with Crippen LogP contribution in [-0.2, 0) is 13.9 Å². The van der Waals surface area contributed by atoms with Crippen molar-refractivity contribution in [3.63, 3.8) is 0 Å². The van der Waals surface area contributed by atoms with Crippen molar-refractivity contribution in [1.82, 2.24) is 20.0 Å². The van der Waals surface area contributed by atoms with Crippen molar-refractivity contribution in [3.8, 4) is 0 Å². The zero-order chi connectivity index (χ0) is 17.4. The van der Waals surface area contributed by atoms with Gasteiger partial charge in [0.2, 0.25) is 0 Å². The molecule has 1 saturated heterocycles. The second kappa shape index (κ2) is 9.59. The van der Waals surface area contributed by atoms with Crippen LogP contribution in [0.3, 0.4) is 0 Å². The molecular weight excluding hydrogens is 315 g/mol. The Morgan fingerprint density at radius 1 is 0.783 bits per heavy atom. The van der Waals surface area contributed by atoms with Crippen molar-refractivity contribution >= 4 is 7.59 Å². The SMILES string of the molecule is CCCCN(C)OP1(ON(C)CCCC)(N(C)CCCC)NO1. The molecule has 0 radical (unpaired) electrons. The first-order valence-corrected chi connectivity index (χ1v) is 10.9. The minimum absolute atomic E-state index is 0.850. The summed E-state index contributed by atoms with van der Waals surface area (Å²) in [5.74, 6) is 0. The van der Waals surface area contributed by atoms with Gasteiger partial charge in [-0.25, -0.2) is 0 Å². The van der Waals surface area contributed by atoms with E-state index in [1.165, 1.54) is 0 Å². The van der Waals surface area contributed by atoms with Gasteiger partial charge in [0.1, 0.15) is 0 Å². The van der Waals surface area contributed by atoms with Gasteiger partial charge in [0.15, 0.2) is 0 Å². The third-order valence-electron chi connectivity index (χ3n) is 3.97. The van der Waals surface area contributed by atoms with Crippen LogP contribution in [-0.4, -0.2) is 55.6 Å². The molecular formula is C15H37N4O3P. The van der Waals surface area contributed by atoms with Gasteiger partial charge in [-0.1, -0.05) is 0 Å².